The van der Waals surface area contributed by atoms with E-state index in [1.165, 1.54) is 0 Å². The molecule has 0 aliphatic heterocycles. The fourth-order valence-corrected chi connectivity index (χ4v) is 4.56. The Kier molecular flexibility index (Phi) is 6.44. The van der Waals surface area contributed by atoms with Gasteiger partial charge in [0.05, 0.1) is 0 Å². The van der Waals surface area contributed by atoms with Gasteiger partial charge in [0.1, 0.15) is 12.6 Å². The number of aliphatic carboxylic acids is 1. The fourth-order valence-electron chi connectivity index (χ4n) is 4.56. The van der Waals surface area contributed by atoms with Crippen LogP contribution in [0.25, 0.3) is 11.1 Å². The van der Waals surface area contributed by atoms with Crippen molar-refractivity contribution in [1.29, 1.82) is 0 Å². The zero-order chi connectivity index (χ0) is 22.7. The Morgan fingerprint density at radius 3 is 2.12 bits per heavy atom. The Morgan fingerprint density at radius 1 is 1.00 bits per heavy atom. The van der Waals surface area contributed by atoms with Crippen molar-refractivity contribution in [3.63, 3.8) is 0 Å². The summed E-state index contributed by atoms with van der Waals surface area (Å²) in [5.74, 6) is -1.46. The van der Waals surface area contributed by atoms with Gasteiger partial charge in [-0.05, 0) is 47.9 Å². The number of rotatable bonds is 8. The third-order valence-electron chi connectivity index (χ3n) is 6.40. The maximum absolute atomic E-state index is 12.4. The van der Waals surface area contributed by atoms with Crippen molar-refractivity contribution in [2.75, 3.05) is 6.61 Å². The number of fused-ring (bicyclic) bond motifs is 3. The Balaban J connectivity index is 1.29. The van der Waals surface area contributed by atoms with Crippen LogP contribution in [0, 0.1) is 5.92 Å². The molecule has 4 rings (SSSR count). The van der Waals surface area contributed by atoms with Crippen LogP contribution in [-0.4, -0.2) is 41.8 Å². The number of carbonyl (C=O) groups is 3. The van der Waals surface area contributed by atoms with Crippen molar-refractivity contribution in [3.8, 4) is 11.1 Å². The summed E-state index contributed by atoms with van der Waals surface area (Å²) in [6.45, 7) is 1.89. The monoisotopic (exact) mass is 436 g/mol. The molecule has 1 fully saturated rings. The number of benzene rings is 2. The zero-order valence-corrected chi connectivity index (χ0v) is 18.0. The van der Waals surface area contributed by atoms with Gasteiger partial charge in [-0.1, -0.05) is 55.0 Å². The van der Waals surface area contributed by atoms with Crippen molar-refractivity contribution in [1.82, 2.24) is 10.6 Å². The largest absolute Gasteiger partial charge is 0.480 e. The molecule has 7 heteroatoms. The van der Waals surface area contributed by atoms with Crippen molar-refractivity contribution in [3.05, 3.63) is 59.7 Å². The molecule has 2 aliphatic carbocycles. The molecule has 7 nitrogen and oxygen atoms in total. The number of hydrogen-bond donors (Lipinski definition) is 3. The first-order valence-electron chi connectivity index (χ1n) is 11.1. The summed E-state index contributed by atoms with van der Waals surface area (Å²) >= 11 is 0. The van der Waals surface area contributed by atoms with Gasteiger partial charge in [0.25, 0.3) is 0 Å². The highest BCUT2D eigenvalue weighted by Crippen LogP contribution is 2.44. The van der Waals surface area contributed by atoms with E-state index in [1.807, 2.05) is 24.3 Å². The van der Waals surface area contributed by atoms with E-state index < -0.39 is 30.1 Å². The highest BCUT2D eigenvalue weighted by Gasteiger charge is 2.34. The van der Waals surface area contributed by atoms with Crippen molar-refractivity contribution in [2.24, 2.45) is 5.92 Å². The molecule has 2 atom stereocenters. The van der Waals surface area contributed by atoms with Crippen LogP contribution in [0.5, 0.6) is 0 Å². The van der Waals surface area contributed by atoms with Crippen LogP contribution >= 0.6 is 0 Å². The van der Waals surface area contributed by atoms with E-state index in [-0.39, 0.29) is 24.9 Å². The van der Waals surface area contributed by atoms with Gasteiger partial charge in [-0.15, -0.1) is 0 Å². The molecule has 0 radical (unpaired) electrons. The Morgan fingerprint density at radius 2 is 1.59 bits per heavy atom. The maximum atomic E-state index is 12.4. The van der Waals surface area contributed by atoms with Gasteiger partial charge in [0, 0.05) is 18.4 Å². The van der Waals surface area contributed by atoms with Crippen LogP contribution in [0.2, 0.25) is 0 Å². The van der Waals surface area contributed by atoms with E-state index in [1.54, 1.807) is 6.92 Å². The molecule has 0 bridgehead atoms. The second-order valence-electron chi connectivity index (χ2n) is 8.65. The Labute approximate surface area is 187 Å². The number of nitrogens with one attached hydrogen (secondary N) is 2. The van der Waals surface area contributed by atoms with E-state index in [2.05, 4.69) is 34.9 Å². The van der Waals surface area contributed by atoms with Gasteiger partial charge in [0.15, 0.2) is 0 Å². The first-order chi connectivity index (χ1) is 15.4. The molecule has 2 aromatic rings. The van der Waals surface area contributed by atoms with Crippen LogP contribution in [0.4, 0.5) is 4.79 Å². The molecule has 168 valence electrons. The molecule has 0 aromatic heterocycles. The molecule has 2 aliphatic rings. The highest BCUT2D eigenvalue weighted by atomic mass is 16.5. The SMILES string of the molecule is CC(CC(=O)NC(C(=O)O)C1CCC1)NC(=O)OCC1c2ccccc2-c2ccccc21. The molecule has 3 N–H and O–H groups in total. The summed E-state index contributed by atoms with van der Waals surface area (Å²) in [6, 6.07) is 14.9. The third kappa shape index (κ3) is 4.61. The number of carboxylic acids is 1. The molecule has 2 unspecified atom stereocenters. The third-order valence-corrected chi connectivity index (χ3v) is 6.40. The molecular formula is C25H28N2O5. The first-order valence-corrected chi connectivity index (χ1v) is 11.1. The summed E-state index contributed by atoms with van der Waals surface area (Å²) in [5.41, 5.74) is 4.57. The molecular weight excluding hydrogens is 408 g/mol. The van der Waals surface area contributed by atoms with E-state index in [9.17, 15) is 19.5 Å². The standard InChI is InChI=1S/C25H28N2O5/c1-15(13-22(28)27-23(24(29)30)16-7-6-8-16)26-25(31)32-14-21-19-11-4-2-9-17(19)18-10-3-5-12-20(18)21/h2-5,9-12,15-16,21,23H,6-8,13-14H2,1H3,(H,26,31)(H,27,28)(H,29,30). The lowest BCUT2D eigenvalue weighted by Crippen LogP contribution is -2.49. The Hall–Kier alpha value is -3.35. The van der Waals surface area contributed by atoms with E-state index in [4.69, 9.17) is 4.74 Å². The van der Waals surface area contributed by atoms with E-state index in [0.717, 1.165) is 41.5 Å². The van der Waals surface area contributed by atoms with Gasteiger partial charge >= 0.3 is 12.1 Å². The highest BCUT2D eigenvalue weighted by molar-refractivity contribution is 5.84. The van der Waals surface area contributed by atoms with Crippen molar-refractivity contribution < 1.29 is 24.2 Å². The Bertz CT molecular complexity index is 971. The lowest BCUT2D eigenvalue weighted by molar-refractivity contribution is -0.144. The second kappa shape index (κ2) is 9.42. The molecule has 32 heavy (non-hydrogen) atoms. The number of amides is 2. The molecule has 2 amide bonds. The van der Waals surface area contributed by atoms with Crippen molar-refractivity contribution >= 4 is 18.0 Å². The summed E-state index contributed by atoms with van der Waals surface area (Å²) in [5, 5.41) is 14.6. The predicted molar refractivity (Wildman–Crippen MR) is 119 cm³/mol. The second-order valence-corrected chi connectivity index (χ2v) is 8.65. The van der Waals surface area contributed by atoms with Gasteiger partial charge in [-0.2, -0.15) is 0 Å². The molecule has 0 spiro atoms. The average molecular weight is 437 g/mol. The maximum Gasteiger partial charge on any atom is 0.407 e. The van der Waals surface area contributed by atoms with Crippen molar-refractivity contribution in [2.45, 2.75) is 50.6 Å². The van der Waals surface area contributed by atoms with Crippen LogP contribution in [0.3, 0.4) is 0 Å². The van der Waals surface area contributed by atoms with Crippen LogP contribution < -0.4 is 10.6 Å². The van der Waals surface area contributed by atoms with Crippen LogP contribution in [-0.2, 0) is 14.3 Å². The van der Waals surface area contributed by atoms with E-state index >= 15 is 0 Å². The lowest BCUT2D eigenvalue weighted by atomic mass is 9.79. The predicted octanol–water partition coefficient (Wildman–Crippen LogP) is 3.67. The summed E-state index contributed by atoms with van der Waals surface area (Å²) in [6.07, 6.45) is 2.00. The minimum absolute atomic E-state index is 0.0122. The minimum Gasteiger partial charge on any atom is -0.480 e. The number of ether oxygens (including phenoxy) is 1. The average Bonchev–Trinajstić information content (AvgIpc) is 3.04. The topological polar surface area (TPSA) is 105 Å². The number of hydrogen-bond acceptors (Lipinski definition) is 4. The molecule has 2 aromatic carbocycles. The summed E-state index contributed by atoms with van der Waals surface area (Å²) in [4.78, 5) is 36.0. The number of carbonyl (C=O) groups excluding carboxylic acids is 2. The lowest BCUT2D eigenvalue weighted by Gasteiger charge is -2.31. The van der Waals surface area contributed by atoms with Crippen LogP contribution in [0.1, 0.15) is 49.7 Å². The van der Waals surface area contributed by atoms with Gasteiger partial charge in [0.2, 0.25) is 5.91 Å². The van der Waals surface area contributed by atoms with Crippen LogP contribution in [0.15, 0.2) is 48.5 Å². The summed E-state index contributed by atoms with van der Waals surface area (Å²) < 4.78 is 5.50. The smallest absolute Gasteiger partial charge is 0.407 e. The fraction of sp³-hybridized carbons (Fsp3) is 0.400. The molecule has 1 saturated carbocycles. The van der Waals surface area contributed by atoms with Gasteiger partial charge in [-0.25, -0.2) is 9.59 Å². The molecule has 0 saturated heterocycles. The minimum atomic E-state index is -1.01. The first kappa shape index (κ1) is 21.9. The summed E-state index contributed by atoms with van der Waals surface area (Å²) in [7, 11) is 0. The van der Waals surface area contributed by atoms with Gasteiger partial charge in [-0.3, -0.25) is 4.79 Å². The normalized spacial score (nSPS) is 16.8. The zero-order valence-electron chi connectivity index (χ0n) is 18.0. The van der Waals surface area contributed by atoms with Gasteiger partial charge < -0.3 is 20.5 Å². The number of alkyl carbamates (subject to hydrolysis) is 1. The quantitative estimate of drug-likeness (QED) is 0.586. The molecule has 0 heterocycles. The van der Waals surface area contributed by atoms with E-state index in [0.29, 0.717) is 0 Å². The number of carboxylic acid groups (broad SMARTS) is 1.